The zero-order chi connectivity index (χ0) is 13.0. The lowest BCUT2D eigenvalue weighted by molar-refractivity contribution is -0.140. The summed E-state index contributed by atoms with van der Waals surface area (Å²) in [5, 5.41) is 18.6. The number of carboxylic acid groups (broad SMARTS) is 1. The number of ether oxygens (including phenoxy) is 1. The first-order chi connectivity index (χ1) is 8.68. The van der Waals surface area contributed by atoms with Crippen molar-refractivity contribution in [2.45, 2.75) is 5.92 Å². The van der Waals surface area contributed by atoms with E-state index in [1.165, 1.54) is 12.3 Å². The lowest BCUT2D eigenvalue weighted by atomic mass is 10.1. The van der Waals surface area contributed by atoms with E-state index in [4.69, 9.17) is 14.3 Å². The van der Waals surface area contributed by atoms with Gasteiger partial charge in [-0.25, -0.2) is 0 Å². The molecule has 0 bridgehead atoms. The minimum absolute atomic E-state index is 0.0268. The number of aromatic hydroxyl groups is 1. The number of aliphatic carboxylic acids is 1. The number of para-hydroxylation sites is 2. The molecule has 1 aromatic heterocycles. The maximum atomic E-state index is 11.1. The molecule has 0 radical (unpaired) electrons. The van der Waals surface area contributed by atoms with Gasteiger partial charge in [0.25, 0.3) is 0 Å². The Bertz CT molecular complexity index is 518. The molecule has 1 atom stereocenters. The molecule has 0 aliphatic carbocycles. The molecule has 5 heteroatoms. The van der Waals surface area contributed by atoms with Crippen LogP contribution in [0.3, 0.4) is 0 Å². The third kappa shape index (κ3) is 2.63. The predicted molar refractivity (Wildman–Crippen MR) is 62.7 cm³/mol. The second kappa shape index (κ2) is 5.27. The van der Waals surface area contributed by atoms with E-state index < -0.39 is 11.9 Å². The van der Waals surface area contributed by atoms with Gasteiger partial charge in [0.1, 0.15) is 18.3 Å². The summed E-state index contributed by atoms with van der Waals surface area (Å²) in [4.78, 5) is 11.1. The summed E-state index contributed by atoms with van der Waals surface area (Å²) in [7, 11) is 0. The number of benzene rings is 1. The molecule has 0 aliphatic heterocycles. The van der Waals surface area contributed by atoms with Crippen molar-refractivity contribution < 1.29 is 24.2 Å². The quantitative estimate of drug-likeness (QED) is 0.848. The number of phenols is 1. The summed E-state index contributed by atoms with van der Waals surface area (Å²) in [5.41, 5.74) is 0. The van der Waals surface area contributed by atoms with Gasteiger partial charge >= 0.3 is 5.97 Å². The highest BCUT2D eigenvalue weighted by atomic mass is 16.5. The highest BCUT2D eigenvalue weighted by molar-refractivity contribution is 5.75. The van der Waals surface area contributed by atoms with Gasteiger partial charge in [0.05, 0.1) is 6.26 Å². The fourth-order valence-corrected chi connectivity index (χ4v) is 1.52. The van der Waals surface area contributed by atoms with Crippen LogP contribution >= 0.6 is 0 Å². The third-order valence-electron chi connectivity index (χ3n) is 2.46. The summed E-state index contributed by atoms with van der Waals surface area (Å²) in [6.45, 7) is -0.111. The first-order valence-electron chi connectivity index (χ1n) is 5.35. The van der Waals surface area contributed by atoms with Crippen molar-refractivity contribution in [2.75, 3.05) is 6.61 Å². The predicted octanol–water partition coefficient (Wildman–Crippen LogP) is 2.23. The lowest BCUT2D eigenvalue weighted by Gasteiger charge is -2.12. The van der Waals surface area contributed by atoms with E-state index in [0.29, 0.717) is 5.76 Å². The Hall–Kier alpha value is -2.43. The number of phenolic OH excluding ortho intramolecular Hbond substituents is 1. The topological polar surface area (TPSA) is 79.9 Å². The number of hydrogen-bond acceptors (Lipinski definition) is 4. The van der Waals surface area contributed by atoms with Crippen LogP contribution in [-0.4, -0.2) is 22.8 Å². The van der Waals surface area contributed by atoms with E-state index in [-0.39, 0.29) is 18.1 Å². The van der Waals surface area contributed by atoms with E-state index in [1.807, 2.05) is 0 Å². The molecule has 2 aromatic rings. The number of rotatable bonds is 5. The second-order valence-corrected chi connectivity index (χ2v) is 3.68. The van der Waals surface area contributed by atoms with Gasteiger partial charge < -0.3 is 19.4 Å². The number of carboxylic acids is 1. The van der Waals surface area contributed by atoms with Gasteiger partial charge in [0, 0.05) is 0 Å². The molecule has 1 unspecified atom stereocenters. The Morgan fingerprint density at radius 2 is 2.06 bits per heavy atom. The highest BCUT2D eigenvalue weighted by Crippen LogP contribution is 2.26. The van der Waals surface area contributed by atoms with Crippen LogP contribution in [0.1, 0.15) is 11.7 Å². The average molecular weight is 248 g/mol. The molecule has 5 nitrogen and oxygen atoms in total. The molecular weight excluding hydrogens is 236 g/mol. The molecule has 1 aromatic carbocycles. The fraction of sp³-hybridized carbons (Fsp3) is 0.154. The van der Waals surface area contributed by atoms with Crippen LogP contribution in [0.5, 0.6) is 11.5 Å². The maximum absolute atomic E-state index is 11.1. The minimum atomic E-state index is -1.04. The van der Waals surface area contributed by atoms with E-state index in [2.05, 4.69) is 0 Å². The Kier molecular flexibility index (Phi) is 3.52. The summed E-state index contributed by atoms with van der Waals surface area (Å²) in [6.07, 6.45) is 1.41. The molecule has 0 amide bonds. The van der Waals surface area contributed by atoms with Crippen molar-refractivity contribution in [1.29, 1.82) is 0 Å². The van der Waals surface area contributed by atoms with Crippen LogP contribution in [-0.2, 0) is 4.79 Å². The molecule has 0 saturated carbocycles. The van der Waals surface area contributed by atoms with Gasteiger partial charge in [0.15, 0.2) is 11.5 Å². The largest absolute Gasteiger partial charge is 0.504 e. The second-order valence-electron chi connectivity index (χ2n) is 3.68. The van der Waals surface area contributed by atoms with Gasteiger partial charge in [-0.15, -0.1) is 0 Å². The maximum Gasteiger partial charge on any atom is 0.317 e. The lowest BCUT2D eigenvalue weighted by Crippen LogP contribution is -2.19. The summed E-state index contributed by atoms with van der Waals surface area (Å²) in [5.74, 6) is -1.41. The average Bonchev–Trinajstić information content (AvgIpc) is 2.85. The van der Waals surface area contributed by atoms with Crippen LogP contribution in [0.2, 0.25) is 0 Å². The van der Waals surface area contributed by atoms with Crippen LogP contribution < -0.4 is 4.74 Å². The van der Waals surface area contributed by atoms with Gasteiger partial charge in [0.2, 0.25) is 0 Å². The molecule has 18 heavy (non-hydrogen) atoms. The van der Waals surface area contributed by atoms with E-state index in [1.54, 1.807) is 30.3 Å². The first kappa shape index (κ1) is 12.0. The van der Waals surface area contributed by atoms with Crippen molar-refractivity contribution in [2.24, 2.45) is 0 Å². The Balaban J connectivity index is 2.08. The van der Waals surface area contributed by atoms with Crippen LogP contribution in [0, 0.1) is 0 Å². The van der Waals surface area contributed by atoms with Crippen LogP contribution in [0.25, 0.3) is 0 Å². The van der Waals surface area contributed by atoms with Crippen molar-refractivity contribution in [3.8, 4) is 11.5 Å². The SMILES string of the molecule is O=C(O)C(COc1ccccc1O)c1ccco1. The van der Waals surface area contributed by atoms with Crippen molar-refractivity contribution >= 4 is 5.97 Å². The smallest absolute Gasteiger partial charge is 0.317 e. The summed E-state index contributed by atoms with van der Waals surface area (Å²) < 4.78 is 10.3. The Morgan fingerprint density at radius 1 is 1.28 bits per heavy atom. The molecule has 0 fully saturated rings. The fourth-order valence-electron chi connectivity index (χ4n) is 1.52. The van der Waals surface area contributed by atoms with Gasteiger partial charge in [-0.3, -0.25) is 4.79 Å². The summed E-state index contributed by atoms with van der Waals surface area (Å²) >= 11 is 0. The molecule has 2 rings (SSSR count). The molecule has 94 valence electrons. The van der Waals surface area contributed by atoms with E-state index in [0.717, 1.165) is 0 Å². The summed E-state index contributed by atoms with van der Waals surface area (Å²) in [6, 6.07) is 9.58. The molecule has 0 aliphatic rings. The standard InChI is InChI=1S/C13H12O5/c14-10-4-1-2-5-12(10)18-8-9(13(15)16)11-6-3-7-17-11/h1-7,9,14H,8H2,(H,15,16). The molecule has 0 spiro atoms. The normalized spacial score (nSPS) is 12.0. The van der Waals surface area contributed by atoms with Crippen molar-refractivity contribution in [3.05, 3.63) is 48.4 Å². The van der Waals surface area contributed by atoms with Gasteiger partial charge in [-0.2, -0.15) is 0 Å². The molecular formula is C13H12O5. The van der Waals surface area contributed by atoms with Crippen molar-refractivity contribution in [1.82, 2.24) is 0 Å². The van der Waals surface area contributed by atoms with E-state index in [9.17, 15) is 9.90 Å². The van der Waals surface area contributed by atoms with Crippen LogP contribution in [0.4, 0.5) is 0 Å². The highest BCUT2D eigenvalue weighted by Gasteiger charge is 2.23. The number of hydrogen-bond donors (Lipinski definition) is 2. The zero-order valence-corrected chi connectivity index (χ0v) is 9.45. The molecule has 1 heterocycles. The first-order valence-corrected chi connectivity index (χ1v) is 5.35. The van der Waals surface area contributed by atoms with Gasteiger partial charge in [-0.1, -0.05) is 12.1 Å². The molecule has 0 saturated heterocycles. The van der Waals surface area contributed by atoms with Gasteiger partial charge in [-0.05, 0) is 24.3 Å². The molecule has 2 N–H and O–H groups in total. The Morgan fingerprint density at radius 3 is 2.67 bits per heavy atom. The minimum Gasteiger partial charge on any atom is -0.504 e. The van der Waals surface area contributed by atoms with E-state index >= 15 is 0 Å². The van der Waals surface area contributed by atoms with Crippen molar-refractivity contribution in [3.63, 3.8) is 0 Å². The number of furan rings is 1. The zero-order valence-electron chi connectivity index (χ0n) is 9.45. The number of carbonyl (C=O) groups is 1. The monoisotopic (exact) mass is 248 g/mol. The Labute approximate surface area is 103 Å². The third-order valence-corrected chi connectivity index (χ3v) is 2.46. The van der Waals surface area contributed by atoms with Crippen LogP contribution in [0.15, 0.2) is 47.1 Å².